The standard InChI is InChI=1S/C14H19F3N4O2/c1-9-6-11(22)10(7-19-9)13(23)20-8-12(14(15,16)17)21-4-2-18-3-5-21/h6-7,12,18H,2-5,8H2,1H3,(H,19,22)(H,20,23). The molecule has 0 radical (unpaired) electrons. The second-order valence-electron chi connectivity index (χ2n) is 5.45. The molecule has 2 rings (SSSR count). The fourth-order valence-electron chi connectivity index (χ4n) is 2.48. The van der Waals surface area contributed by atoms with Crippen molar-refractivity contribution in [1.82, 2.24) is 20.5 Å². The molecule has 1 atom stereocenters. The molecule has 3 N–H and O–H groups in total. The van der Waals surface area contributed by atoms with Crippen LogP contribution in [0.2, 0.25) is 0 Å². The Morgan fingerprint density at radius 3 is 2.61 bits per heavy atom. The van der Waals surface area contributed by atoms with E-state index in [1.807, 2.05) is 0 Å². The van der Waals surface area contributed by atoms with E-state index in [9.17, 15) is 22.8 Å². The van der Waals surface area contributed by atoms with Gasteiger partial charge in [-0.05, 0) is 6.92 Å². The quantitative estimate of drug-likeness (QED) is 0.739. The van der Waals surface area contributed by atoms with Gasteiger partial charge in [0, 0.05) is 50.7 Å². The number of pyridine rings is 1. The fourth-order valence-corrected chi connectivity index (χ4v) is 2.48. The van der Waals surface area contributed by atoms with Gasteiger partial charge in [0.2, 0.25) is 0 Å². The topological polar surface area (TPSA) is 77.2 Å². The van der Waals surface area contributed by atoms with E-state index >= 15 is 0 Å². The first-order valence-corrected chi connectivity index (χ1v) is 7.28. The highest BCUT2D eigenvalue weighted by Crippen LogP contribution is 2.24. The van der Waals surface area contributed by atoms with Crippen LogP contribution in [0.5, 0.6) is 0 Å². The molecule has 1 aromatic heterocycles. The van der Waals surface area contributed by atoms with Crippen molar-refractivity contribution in [2.75, 3.05) is 32.7 Å². The third kappa shape index (κ3) is 4.55. The molecule has 1 unspecified atom stereocenters. The van der Waals surface area contributed by atoms with Gasteiger partial charge < -0.3 is 15.6 Å². The minimum atomic E-state index is -4.45. The molecule has 1 aromatic rings. The number of piperazine rings is 1. The third-order valence-electron chi connectivity index (χ3n) is 3.73. The summed E-state index contributed by atoms with van der Waals surface area (Å²) < 4.78 is 39.6. The molecule has 1 aliphatic rings. The van der Waals surface area contributed by atoms with Crippen LogP contribution in [0, 0.1) is 6.92 Å². The van der Waals surface area contributed by atoms with Gasteiger partial charge in [-0.25, -0.2) is 0 Å². The van der Waals surface area contributed by atoms with Gasteiger partial charge in [0.15, 0.2) is 5.43 Å². The summed E-state index contributed by atoms with van der Waals surface area (Å²) in [5.41, 5.74) is -0.151. The summed E-state index contributed by atoms with van der Waals surface area (Å²) in [4.78, 5) is 27.7. The number of rotatable bonds is 4. The monoisotopic (exact) mass is 332 g/mol. The maximum atomic E-state index is 13.2. The van der Waals surface area contributed by atoms with Gasteiger partial charge >= 0.3 is 6.18 Å². The summed E-state index contributed by atoms with van der Waals surface area (Å²) in [7, 11) is 0. The average Bonchev–Trinajstić information content (AvgIpc) is 2.47. The fraction of sp³-hybridized carbons (Fsp3) is 0.571. The van der Waals surface area contributed by atoms with Crippen LogP contribution >= 0.6 is 0 Å². The highest BCUT2D eigenvalue weighted by atomic mass is 19.4. The van der Waals surface area contributed by atoms with E-state index in [1.54, 1.807) is 6.92 Å². The van der Waals surface area contributed by atoms with Crippen molar-refractivity contribution in [3.8, 4) is 0 Å². The molecule has 9 heteroatoms. The Morgan fingerprint density at radius 2 is 2.04 bits per heavy atom. The zero-order valence-corrected chi connectivity index (χ0v) is 12.7. The van der Waals surface area contributed by atoms with Crippen LogP contribution in [0.4, 0.5) is 13.2 Å². The number of H-pyrrole nitrogens is 1. The number of amides is 1. The number of carbonyl (C=O) groups excluding carboxylic acids is 1. The van der Waals surface area contributed by atoms with E-state index in [0.29, 0.717) is 18.8 Å². The first-order chi connectivity index (χ1) is 10.8. The Balaban J connectivity index is 2.05. The SMILES string of the molecule is Cc1cc(=O)c(C(=O)NCC(N2CCNCC2)C(F)(F)F)c[nH]1. The molecule has 1 aliphatic heterocycles. The highest BCUT2D eigenvalue weighted by Gasteiger charge is 2.43. The Hall–Kier alpha value is -1.87. The molecule has 0 aromatic carbocycles. The lowest BCUT2D eigenvalue weighted by Crippen LogP contribution is -2.57. The maximum absolute atomic E-state index is 13.2. The van der Waals surface area contributed by atoms with Crippen molar-refractivity contribution < 1.29 is 18.0 Å². The number of aromatic nitrogens is 1. The number of alkyl halides is 3. The Morgan fingerprint density at radius 1 is 1.39 bits per heavy atom. The first-order valence-electron chi connectivity index (χ1n) is 7.28. The molecule has 0 spiro atoms. The lowest BCUT2D eigenvalue weighted by Gasteiger charge is -2.35. The van der Waals surface area contributed by atoms with Gasteiger partial charge in [-0.1, -0.05) is 0 Å². The van der Waals surface area contributed by atoms with Crippen molar-refractivity contribution in [2.24, 2.45) is 0 Å². The van der Waals surface area contributed by atoms with Crippen LogP contribution in [0.1, 0.15) is 16.1 Å². The molecule has 2 heterocycles. The van der Waals surface area contributed by atoms with Gasteiger partial charge in [0.25, 0.3) is 5.91 Å². The zero-order valence-electron chi connectivity index (χ0n) is 12.7. The van der Waals surface area contributed by atoms with E-state index in [2.05, 4.69) is 15.6 Å². The summed E-state index contributed by atoms with van der Waals surface area (Å²) in [6.45, 7) is 2.51. The summed E-state index contributed by atoms with van der Waals surface area (Å²) in [6, 6.07) is -0.537. The number of hydrogen-bond donors (Lipinski definition) is 3. The summed E-state index contributed by atoms with van der Waals surface area (Å²) in [5, 5.41) is 5.20. The van der Waals surface area contributed by atoms with Crippen molar-refractivity contribution in [2.45, 2.75) is 19.1 Å². The Labute approximate surface area is 131 Å². The van der Waals surface area contributed by atoms with Crippen molar-refractivity contribution in [3.05, 3.63) is 33.7 Å². The average molecular weight is 332 g/mol. The lowest BCUT2D eigenvalue weighted by molar-refractivity contribution is -0.183. The lowest BCUT2D eigenvalue weighted by atomic mass is 10.2. The van der Waals surface area contributed by atoms with Crippen LogP contribution in [-0.4, -0.2) is 60.7 Å². The van der Waals surface area contributed by atoms with E-state index < -0.39 is 30.1 Å². The molecule has 1 fully saturated rings. The maximum Gasteiger partial charge on any atom is 0.405 e. The number of nitrogens with zero attached hydrogens (tertiary/aromatic N) is 1. The second kappa shape index (κ2) is 7.14. The zero-order chi connectivity index (χ0) is 17.0. The molecule has 6 nitrogen and oxygen atoms in total. The second-order valence-corrected chi connectivity index (χ2v) is 5.45. The van der Waals surface area contributed by atoms with Crippen LogP contribution < -0.4 is 16.1 Å². The number of aryl methyl sites for hydroxylation is 1. The van der Waals surface area contributed by atoms with Gasteiger partial charge in [0.1, 0.15) is 11.6 Å². The minimum absolute atomic E-state index is 0.197. The first kappa shape index (κ1) is 17.5. The van der Waals surface area contributed by atoms with Gasteiger partial charge in [-0.3, -0.25) is 14.5 Å². The van der Waals surface area contributed by atoms with Crippen LogP contribution in [-0.2, 0) is 0 Å². The number of hydrogen-bond acceptors (Lipinski definition) is 4. The molecule has 128 valence electrons. The Kier molecular flexibility index (Phi) is 5.42. The minimum Gasteiger partial charge on any atom is -0.364 e. The summed E-state index contributed by atoms with van der Waals surface area (Å²) >= 11 is 0. The molecule has 0 saturated carbocycles. The molecule has 1 saturated heterocycles. The summed E-state index contributed by atoms with van der Waals surface area (Å²) in [5.74, 6) is -0.810. The van der Waals surface area contributed by atoms with Crippen molar-refractivity contribution >= 4 is 5.91 Å². The van der Waals surface area contributed by atoms with Gasteiger partial charge in [-0.15, -0.1) is 0 Å². The molecular weight excluding hydrogens is 313 g/mol. The number of nitrogens with one attached hydrogen (secondary N) is 3. The predicted molar refractivity (Wildman–Crippen MR) is 78.4 cm³/mol. The molecule has 1 amide bonds. The van der Waals surface area contributed by atoms with E-state index in [1.165, 1.54) is 17.2 Å². The van der Waals surface area contributed by atoms with Gasteiger partial charge in [0.05, 0.1) is 0 Å². The number of carbonyl (C=O) groups is 1. The predicted octanol–water partition coefficient (Wildman–Crippen LogP) is 0.249. The largest absolute Gasteiger partial charge is 0.405 e. The molecule has 23 heavy (non-hydrogen) atoms. The smallest absolute Gasteiger partial charge is 0.364 e. The Bertz CT molecular complexity index is 609. The highest BCUT2D eigenvalue weighted by molar-refractivity contribution is 5.93. The molecular formula is C14H19F3N4O2. The van der Waals surface area contributed by atoms with E-state index in [-0.39, 0.29) is 18.7 Å². The number of halogens is 3. The van der Waals surface area contributed by atoms with Crippen LogP contribution in [0.15, 0.2) is 17.1 Å². The third-order valence-corrected chi connectivity index (χ3v) is 3.73. The molecule has 0 bridgehead atoms. The van der Waals surface area contributed by atoms with E-state index in [4.69, 9.17) is 0 Å². The normalized spacial score (nSPS) is 17.7. The van der Waals surface area contributed by atoms with Crippen LogP contribution in [0.3, 0.4) is 0 Å². The van der Waals surface area contributed by atoms with E-state index in [0.717, 1.165) is 0 Å². The van der Waals surface area contributed by atoms with Crippen molar-refractivity contribution in [3.63, 3.8) is 0 Å². The van der Waals surface area contributed by atoms with Gasteiger partial charge in [-0.2, -0.15) is 13.2 Å². The van der Waals surface area contributed by atoms with Crippen LogP contribution in [0.25, 0.3) is 0 Å². The van der Waals surface area contributed by atoms with Crippen molar-refractivity contribution in [1.29, 1.82) is 0 Å². The molecule has 0 aliphatic carbocycles. The number of aromatic amines is 1. The summed E-state index contributed by atoms with van der Waals surface area (Å²) in [6.07, 6.45) is -3.25.